The van der Waals surface area contributed by atoms with Crippen LogP contribution in [0.3, 0.4) is 0 Å². The summed E-state index contributed by atoms with van der Waals surface area (Å²) in [7, 11) is 0. The number of halogens is 1. The van der Waals surface area contributed by atoms with E-state index >= 15 is 0 Å². The summed E-state index contributed by atoms with van der Waals surface area (Å²) in [5, 5.41) is 2.67. The standard InChI is InChI=1S/C22H22FN3O3/c1-14(2)11-12-25-19(27)22(24-21(25)29)17-5-3-4-6-18(17)26(20(22)28)13-15-7-9-16(23)10-8-15/h3-10,14H,11-13H2,1-2H3,(H,24,29). The van der Waals surface area contributed by atoms with Crippen molar-refractivity contribution in [2.24, 2.45) is 5.92 Å². The van der Waals surface area contributed by atoms with Crippen LogP contribution < -0.4 is 10.2 Å². The molecule has 0 radical (unpaired) electrons. The predicted octanol–water partition coefficient (Wildman–Crippen LogP) is 3.17. The first kappa shape index (κ1) is 19.1. The van der Waals surface area contributed by atoms with E-state index in [1.54, 1.807) is 36.4 Å². The van der Waals surface area contributed by atoms with Gasteiger partial charge in [-0.25, -0.2) is 9.18 Å². The third-order valence-corrected chi connectivity index (χ3v) is 5.45. The summed E-state index contributed by atoms with van der Waals surface area (Å²) in [6, 6.07) is 12.3. The third kappa shape index (κ3) is 2.97. The molecule has 1 fully saturated rings. The molecule has 1 unspecified atom stereocenters. The number of nitrogens with one attached hydrogen (secondary N) is 1. The fraction of sp³-hybridized carbons (Fsp3) is 0.318. The van der Waals surface area contributed by atoms with Crippen LogP contribution >= 0.6 is 0 Å². The van der Waals surface area contributed by atoms with Crippen LogP contribution in [0.25, 0.3) is 0 Å². The molecule has 2 aromatic rings. The number of hydrogen-bond donors (Lipinski definition) is 1. The molecule has 4 amide bonds. The Morgan fingerprint density at radius 1 is 0.966 bits per heavy atom. The molecular formula is C22H22FN3O3. The largest absolute Gasteiger partial charge is 0.325 e. The maximum absolute atomic E-state index is 13.5. The van der Waals surface area contributed by atoms with Gasteiger partial charge in [0.2, 0.25) is 5.54 Å². The van der Waals surface area contributed by atoms with Crippen LogP contribution in [0.4, 0.5) is 14.9 Å². The average molecular weight is 395 g/mol. The Hall–Kier alpha value is -3.22. The van der Waals surface area contributed by atoms with Crippen LogP contribution in [0, 0.1) is 11.7 Å². The summed E-state index contributed by atoms with van der Waals surface area (Å²) in [5.74, 6) is -1.08. The highest BCUT2D eigenvalue weighted by Gasteiger charge is 2.63. The summed E-state index contributed by atoms with van der Waals surface area (Å²) >= 11 is 0. The molecule has 0 saturated carbocycles. The molecular weight excluding hydrogens is 373 g/mol. The van der Waals surface area contributed by atoms with Gasteiger partial charge in [0.1, 0.15) is 5.82 Å². The Labute approximate surface area is 168 Å². The van der Waals surface area contributed by atoms with Crippen molar-refractivity contribution in [2.75, 3.05) is 11.4 Å². The second-order valence-electron chi connectivity index (χ2n) is 7.85. The van der Waals surface area contributed by atoms with Gasteiger partial charge in [-0.05, 0) is 36.1 Å². The van der Waals surface area contributed by atoms with Crippen LogP contribution in [-0.4, -0.2) is 29.3 Å². The van der Waals surface area contributed by atoms with Crippen molar-refractivity contribution in [3.05, 3.63) is 65.5 Å². The number of imide groups is 1. The minimum atomic E-state index is -1.73. The lowest BCUT2D eigenvalue weighted by atomic mass is 9.91. The second kappa shape index (κ2) is 6.99. The number of hydrogen-bond acceptors (Lipinski definition) is 3. The highest BCUT2D eigenvalue weighted by Crippen LogP contribution is 2.44. The first-order chi connectivity index (χ1) is 13.8. The highest BCUT2D eigenvalue weighted by molar-refractivity contribution is 6.27. The first-order valence-electron chi connectivity index (χ1n) is 9.64. The van der Waals surface area contributed by atoms with Crippen molar-refractivity contribution in [3.8, 4) is 0 Å². The lowest BCUT2D eigenvalue weighted by Gasteiger charge is -2.22. The molecule has 6 nitrogen and oxygen atoms in total. The van der Waals surface area contributed by atoms with Gasteiger partial charge in [0.15, 0.2) is 0 Å². The smallest absolute Gasteiger partial charge is 0.311 e. The van der Waals surface area contributed by atoms with Crippen molar-refractivity contribution < 1.29 is 18.8 Å². The molecule has 2 aromatic carbocycles. The summed E-state index contributed by atoms with van der Waals surface area (Å²) in [4.78, 5) is 42.0. The van der Waals surface area contributed by atoms with Crippen molar-refractivity contribution in [1.82, 2.24) is 10.2 Å². The minimum absolute atomic E-state index is 0.174. The van der Waals surface area contributed by atoms with E-state index in [0.717, 1.165) is 10.5 Å². The van der Waals surface area contributed by atoms with Crippen LogP contribution in [0.2, 0.25) is 0 Å². The molecule has 1 saturated heterocycles. The van der Waals surface area contributed by atoms with E-state index in [2.05, 4.69) is 5.32 Å². The Bertz CT molecular complexity index is 989. The van der Waals surface area contributed by atoms with Crippen LogP contribution in [0.15, 0.2) is 48.5 Å². The Morgan fingerprint density at radius 2 is 1.62 bits per heavy atom. The van der Waals surface area contributed by atoms with Crippen LogP contribution in [-0.2, 0) is 21.7 Å². The molecule has 0 bridgehead atoms. The van der Waals surface area contributed by atoms with Gasteiger partial charge in [0.25, 0.3) is 11.8 Å². The molecule has 1 atom stereocenters. The SMILES string of the molecule is CC(C)CCN1C(=O)NC2(C1=O)C(=O)N(Cc1ccc(F)cc1)c1ccccc12. The van der Waals surface area contributed by atoms with E-state index in [1.807, 2.05) is 13.8 Å². The number of carbonyl (C=O) groups excluding carboxylic acids is 3. The summed E-state index contributed by atoms with van der Waals surface area (Å²) in [6.07, 6.45) is 0.657. The zero-order valence-corrected chi connectivity index (χ0v) is 16.3. The molecule has 2 aliphatic rings. The fourth-order valence-corrected chi connectivity index (χ4v) is 3.88. The normalized spacial score (nSPS) is 20.8. The van der Waals surface area contributed by atoms with Crippen molar-refractivity contribution in [3.63, 3.8) is 0 Å². The number of benzene rings is 2. The number of carbonyl (C=O) groups is 3. The number of rotatable bonds is 5. The van der Waals surface area contributed by atoms with Gasteiger partial charge in [-0.2, -0.15) is 0 Å². The van der Waals surface area contributed by atoms with Crippen molar-refractivity contribution >= 4 is 23.5 Å². The average Bonchev–Trinajstić information content (AvgIpc) is 3.08. The van der Waals surface area contributed by atoms with Gasteiger partial charge >= 0.3 is 6.03 Å². The number of para-hydroxylation sites is 1. The van der Waals surface area contributed by atoms with E-state index < -0.39 is 23.4 Å². The molecule has 1 N–H and O–H groups in total. The quantitative estimate of drug-likeness (QED) is 0.625. The highest BCUT2D eigenvalue weighted by atomic mass is 19.1. The van der Waals surface area contributed by atoms with E-state index in [-0.39, 0.29) is 18.9 Å². The third-order valence-electron chi connectivity index (χ3n) is 5.45. The Morgan fingerprint density at radius 3 is 2.31 bits per heavy atom. The zero-order valence-electron chi connectivity index (χ0n) is 16.3. The molecule has 1 spiro atoms. The van der Waals surface area contributed by atoms with Crippen LogP contribution in [0.1, 0.15) is 31.4 Å². The maximum atomic E-state index is 13.5. The topological polar surface area (TPSA) is 69.7 Å². The minimum Gasteiger partial charge on any atom is -0.311 e. The van der Waals surface area contributed by atoms with Gasteiger partial charge in [-0.1, -0.05) is 44.2 Å². The lowest BCUT2D eigenvalue weighted by molar-refractivity contribution is -0.138. The molecule has 7 heteroatoms. The Balaban J connectivity index is 1.72. The molecule has 4 rings (SSSR count). The molecule has 0 aliphatic carbocycles. The molecule has 0 aromatic heterocycles. The fourth-order valence-electron chi connectivity index (χ4n) is 3.88. The monoisotopic (exact) mass is 395 g/mol. The van der Waals surface area contributed by atoms with E-state index in [0.29, 0.717) is 23.6 Å². The van der Waals surface area contributed by atoms with E-state index in [9.17, 15) is 18.8 Å². The summed E-state index contributed by atoms with van der Waals surface area (Å²) < 4.78 is 13.2. The van der Waals surface area contributed by atoms with Crippen molar-refractivity contribution in [2.45, 2.75) is 32.4 Å². The van der Waals surface area contributed by atoms with Gasteiger partial charge in [0, 0.05) is 12.1 Å². The van der Waals surface area contributed by atoms with E-state index in [1.165, 1.54) is 17.0 Å². The van der Waals surface area contributed by atoms with Gasteiger partial charge in [-0.3, -0.25) is 14.5 Å². The second-order valence-corrected chi connectivity index (χ2v) is 7.85. The molecule has 150 valence electrons. The summed E-state index contributed by atoms with van der Waals surface area (Å²) in [6.45, 7) is 4.45. The lowest BCUT2D eigenvalue weighted by Crippen LogP contribution is -2.52. The summed E-state index contributed by atoms with van der Waals surface area (Å²) in [5.41, 5.74) is 0.0313. The number of amides is 4. The Kier molecular flexibility index (Phi) is 4.61. The molecule has 2 heterocycles. The van der Waals surface area contributed by atoms with Gasteiger partial charge in [0.05, 0.1) is 12.2 Å². The van der Waals surface area contributed by atoms with Gasteiger partial charge < -0.3 is 10.2 Å². The molecule has 29 heavy (non-hydrogen) atoms. The zero-order chi connectivity index (χ0) is 20.8. The number of urea groups is 1. The van der Waals surface area contributed by atoms with Gasteiger partial charge in [-0.15, -0.1) is 0 Å². The number of nitrogens with zero attached hydrogens (tertiary/aromatic N) is 2. The van der Waals surface area contributed by atoms with Crippen LogP contribution in [0.5, 0.6) is 0 Å². The first-order valence-corrected chi connectivity index (χ1v) is 9.64. The van der Waals surface area contributed by atoms with E-state index in [4.69, 9.17) is 0 Å². The maximum Gasteiger partial charge on any atom is 0.325 e. The van der Waals surface area contributed by atoms with Crippen molar-refractivity contribution in [1.29, 1.82) is 0 Å². The predicted molar refractivity (Wildman–Crippen MR) is 105 cm³/mol. The number of fused-ring (bicyclic) bond motifs is 2. The number of anilines is 1. The molecule has 2 aliphatic heterocycles.